The van der Waals surface area contributed by atoms with Crippen LogP contribution >= 0.6 is 0 Å². The fourth-order valence-corrected chi connectivity index (χ4v) is 3.31. The Morgan fingerprint density at radius 1 is 1.15 bits per heavy atom. The molecule has 2 heterocycles. The van der Waals surface area contributed by atoms with E-state index in [2.05, 4.69) is 10.3 Å². The zero-order valence-corrected chi connectivity index (χ0v) is 16.9. The molecule has 170 valence electrons. The fourth-order valence-electron chi connectivity index (χ4n) is 3.31. The van der Waals surface area contributed by atoms with E-state index in [4.69, 9.17) is 4.74 Å². The lowest BCUT2D eigenvalue weighted by Crippen LogP contribution is -2.37. The van der Waals surface area contributed by atoms with Crippen molar-refractivity contribution in [2.75, 3.05) is 23.3 Å². The van der Waals surface area contributed by atoms with Gasteiger partial charge in [0, 0.05) is 11.6 Å². The number of hydrogen-bond donors (Lipinski definition) is 2. The number of carbonyl (C=O) groups excluding carboxylic acids is 2. The number of amides is 2. The molecular weight excluding hydrogens is 441 g/mol. The SMILES string of the molecule is O=C(NC[C@H]1CN(c2ccc(Nc3cc4cccnc4ccc3=O)c(F)c2)C(=O)O1)C(F)F. The zero-order valence-electron chi connectivity index (χ0n) is 16.9. The minimum Gasteiger partial charge on any atom is -0.442 e. The van der Waals surface area contributed by atoms with Gasteiger partial charge in [-0.15, -0.1) is 0 Å². The van der Waals surface area contributed by atoms with E-state index in [9.17, 15) is 27.6 Å². The van der Waals surface area contributed by atoms with Gasteiger partial charge in [-0.1, -0.05) is 6.07 Å². The first-order chi connectivity index (χ1) is 15.8. The molecule has 1 aromatic heterocycles. The van der Waals surface area contributed by atoms with E-state index >= 15 is 0 Å². The van der Waals surface area contributed by atoms with Gasteiger partial charge >= 0.3 is 12.5 Å². The summed E-state index contributed by atoms with van der Waals surface area (Å²) < 4.78 is 44.4. The second kappa shape index (κ2) is 9.15. The first-order valence-electron chi connectivity index (χ1n) is 9.81. The topological polar surface area (TPSA) is 101 Å². The largest absolute Gasteiger partial charge is 0.442 e. The zero-order chi connectivity index (χ0) is 23.5. The smallest absolute Gasteiger partial charge is 0.414 e. The molecule has 0 aliphatic carbocycles. The number of ether oxygens (including phenoxy) is 1. The first kappa shape index (κ1) is 22.1. The van der Waals surface area contributed by atoms with Gasteiger partial charge in [0.1, 0.15) is 11.9 Å². The van der Waals surface area contributed by atoms with E-state index in [-0.39, 0.29) is 35.6 Å². The number of carbonyl (C=O) groups is 2. The molecule has 2 amide bonds. The van der Waals surface area contributed by atoms with Crippen LogP contribution in [-0.2, 0) is 9.53 Å². The Morgan fingerprint density at radius 2 is 1.97 bits per heavy atom. The third-order valence-electron chi connectivity index (χ3n) is 4.94. The quantitative estimate of drug-likeness (QED) is 0.589. The number of benzene rings is 1. The number of fused-ring (bicyclic) bond motifs is 1. The molecule has 1 fully saturated rings. The summed E-state index contributed by atoms with van der Waals surface area (Å²) in [5.74, 6) is -2.20. The standard InChI is InChI=1S/C22H17F3N4O4/c23-15-9-13(29-11-14(33-22(29)32)10-27-21(31)20(24)25)3-4-17(15)28-18-8-12-2-1-7-26-16(12)5-6-19(18)30/h1-9,14,20H,10-11H2,(H,27,31)(H,28,30)/t14-/m0/s1. The van der Waals surface area contributed by atoms with Crippen LogP contribution in [0.5, 0.6) is 0 Å². The molecule has 4 rings (SSSR count). The van der Waals surface area contributed by atoms with Gasteiger partial charge in [0.05, 0.1) is 35.7 Å². The molecule has 1 saturated heterocycles. The molecule has 1 atom stereocenters. The fraction of sp³-hybridized carbons (Fsp3) is 0.182. The number of cyclic esters (lactones) is 1. The summed E-state index contributed by atoms with van der Waals surface area (Å²) in [6.45, 7) is -0.361. The highest BCUT2D eigenvalue weighted by molar-refractivity contribution is 5.90. The molecule has 3 aromatic rings. The van der Waals surface area contributed by atoms with Crippen molar-refractivity contribution in [3.63, 3.8) is 0 Å². The van der Waals surface area contributed by atoms with Gasteiger partial charge in [-0.25, -0.2) is 9.18 Å². The molecule has 33 heavy (non-hydrogen) atoms. The van der Waals surface area contributed by atoms with E-state index in [1.807, 2.05) is 5.32 Å². The second-order valence-electron chi connectivity index (χ2n) is 7.18. The van der Waals surface area contributed by atoms with Crippen molar-refractivity contribution < 1.29 is 27.5 Å². The maximum Gasteiger partial charge on any atom is 0.414 e. The molecule has 2 aromatic carbocycles. The minimum absolute atomic E-state index is 0.00685. The minimum atomic E-state index is -3.18. The van der Waals surface area contributed by atoms with Gasteiger partial charge in [-0.05, 0) is 42.5 Å². The molecule has 0 unspecified atom stereocenters. The van der Waals surface area contributed by atoms with Crippen molar-refractivity contribution in [3.05, 3.63) is 70.8 Å². The van der Waals surface area contributed by atoms with Crippen LogP contribution in [0, 0.1) is 5.82 Å². The molecule has 0 bridgehead atoms. The van der Waals surface area contributed by atoms with Gasteiger partial charge in [-0.3, -0.25) is 19.5 Å². The monoisotopic (exact) mass is 458 g/mol. The summed E-state index contributed by atoms with van der Waals surface area (Å²) in [5, 5.41) is 5.42. The van der Waals surface area contributed by atoms with E-state index < -0.39 is 30.3 Å². The van der Waals surface area contributed by atoms with Gasteiger partial charge in [0.25, 0.3) is 5.91 Å². The first-order valence-corrected chi connectivity index (χ1v) is 9.81. The van der Waals surface area contributed by atoms with Crippen molar-refractivity contribution in [1.29, 1.82) is 0 Å². The molecule has 1 aliphatic rings. The van der Waals surface area contributed by atoms with Crippen LogP contribution in [0.3, 0.4) is 0 Å². The normalized spacial score (nSPS) is 15.6. The molecule has 0 saturated carbocycles. The van der Waals surface area contributed by atoms with Crippen LogP contribution in [0.15, 0.2) is 59.5 Å². The summed E-state index contributed by atoms with van der Waals surface area (Å²) in [6.07, 6.45) is -3.25. The Labute approximate surface area is 185 Å². The van der Waals surface area contributed by atoms with E-state index in [1.165, 1.54) is 18.2 Å². The van der Waals surface area contributed by atoms with Crippen molar-refractivity contribution in [2.24, 2.45) is 0 Å². The van der Waals surface area contributed by atoms with Crippen LogP contribution in [-0.4, -0.2) is 42.6 Å². The van der Waals surface area contributed by atoms with Crippen LogP contribution < -0.4 is 21.0 Å². The Hall–Kier alpha value is -4.15. The van der Waals surface area contributed by atoms with Crippen molar-refractivity contribution in [3.8, 4) is 0 Å². The van der Waals surface area contributed by atoms with Crippen molar-refractivity contribution in [1.82, 2.24) is 10.3 Å². The van der Waals surface area contributed by atoms with E-state index in [1.54, 1.807) is 30.5 Å². The number of halogens is 3. The Kier molecular flexibility index (Phi) is 6.11. The number of hydrogen-bond acceptors (Lipinski definition) is 6. The summed E-state index contributed by atoms with van der Waals surface area (Å²) >= 11 is 0. The van der Waals surface area contributed by atoms with Crippen LogP contribution in [0.4, 0.5) is 35.0 Å². The summed E-state index contributed by atoms with van der Waals surface area (Å²) in [5.41, 5.74) is 0.549. The maximum absolute atomic E-state index is 14.8. The molecule has 0 radical (unpaired) electrons. The highest BCUT2D eigenvalue weighted by Crippen LogP contribution is 2.27. The molecule has 11 heteroatoms. The highest BCUT2D eigenvalue weighted by Gasteiger charge is 2.33. The predicted molar refractivity (Wildman–Crippen MR) is 114 cm³/mol. The van der Waals surface area contributed by atoms with Crippen LogP contribution in [0.2, 0.25) is 0 Å². The average molecular weight is 458 g/mol. The van der Waals surface area contributed by atoms with Crippen LogP contribution in [0.1, 0.15) is 0 Å². The second-order valence-corrected chi connectivity index (χ2v) is 7.18. The number of anilines is 3. The van der Waals surface area contributed by atoms with Gasteiger partial charge in [0.2, 0.25) is 5.43 Å². The van der Waals surface area contributed by atoms with E-state index in [0.717, 1.165) is 11.0 Å². The molecular formula is C22H17F3N4O4. The number of nitrogens with zero attached hydrogens (tertiary/aromatic N) is 2. The van der Waals surface area contributed by atoms with Gasteiger partial charge in [-0.2, -0.15) is 8.78 Å². The number of nitrogens with one attached hydrogen (secondary N) is 2. The molecule has 8 nitrogen and oxygen atoms in total. The number of aromatic nitrogens is 1. The van der Waals surface area contributed by atoms with Crippen molar-refractivity contribution in [2.45, 2.75) is 12.5 Å². The lowest BCUT2D eigenvalue weighted by molar-refractivity contribution is -0.132. The van der Waals surface area contributed by atoms with E-state index in [0.29, 0.717) is 10.9 Å². The average Bonchev–Trinajstić information content (AvgIpc) is 3.09. The van der Waals surface area contributed by atoms with Crippen molar-refractivity contribution >= 4 is 40.0 Å². The highest BCUT2D eigenvalue weighted by atomic mass is 19.3. The van der Waals surface area contributed by atoms with Gasteiger partial charge in [0.15, 0.2) is 0 Å². The molecule has 0 spiro atoms. The Balaban J connectivity index is 1.51. The summed E-state index contributed by atoms with van der Waals surface area (Å²) in [6, 6.07) is 11.8. The molecule has 1 aliphatic heterocycles. The third kappa shape index (κ3) is 4.86. The maximum atomic E-state index is 14.8. The lowest BCUT2D eigenvalue weighted by Gasteiger charge is -2.15. The number of pyridine rings is 1. The Bertz CT molecular complexity index is 1290. The predicted octanol–water partition coefficient (Wildman–Crippen LogP) is 3.18. The van der Waals surface area contributed by atoms with Crippen LogP contribution in [0.25, 0.3) is 10.9 Å². The number of alkyl halides is 2. The van der Waals surface area contributed by atoms with Gasteiger partial charge < -0.3 is 15.4 Å². The summed E-state index contributed by atoms with van der Waals surface area (Å²) in [7, 11) is 0. The third-order valence-corrected chi connectivity index (χ3v) is 4.94. The lowest BCUT2D eigenvalue weighted by atomic mass is 10.2. The number of rotatable bonds is 6. The molecule has 2 N–H and O–H groups in total. The summed E-state index contributed by atoms with van der Waals surface area (Å²) in [4.78, 5) is 40.8. The Morgan fingerprint density at radius 3 is 2.73 bits per heavy atom.